The van der Waals surface area contributed by atoms with E-state index in [0.29, 0.717) is 12.2 Å². The largest absolute Gasteiger partial charge is 0.336 e. The van der Waals surface area contributed by atoms with Crippen LogP contribution in [0.3, 0.4) is 0 Å². The van der Waals surface area contributed by atoms with Crippen LogP contribution in [0.25, 0.3) is 0 Å². The Balaban J connectivity index is 2.22. The molecule has 0 bridgehead atoms. The SMILES string of the molecule is Cc1cc(C(=O)N(C)Cc2c(C)nn(C)c2C)n(C)n1. The van der Waals surface area contributed by atoms with Crippen LogP contribution in [0.2, 0.25) is 0 Å². The molecule has 108 valence electrons. The second-order valence-corrected chi connectivity index (χ2v) is 5.23. The van der Waals surface area contributed by atoms with Crippen molar-refractivity contribution in [3.8, 4) is 0 Å². The number of nitrogens with zero attached hydrogens (tertiary/aromatic N) is 5. The first kappa shape index (κ1) is 14.3. The smallest absolute Gasteiger partial charge is 0.272 e. The van der Waals surface area contributed by atoms with E-state index in [-0.39, 0.29) is 5.91 Å². The zero-order chi connectivity index (χ0) is 15.0. The van der Waals surface area contributed by atoms with Crippen LogP contribution < -0.4 is 0 Å². The number of hydrogen-bond donors (Lipinski definition) is 0. The first-order valence-electron chi connectivity index (χ1n) is 6.56. The molecule has 1 amide bonds. The van der Waals surface area contributed by atoms with Gasteiger partial charge < -0.3 is 4.90 Å². The number of aryl methyl sites for hydroxylation is 4. The fourth-order valence-corrected chi connectivity index (χ4v) is 2.36. The molecule has 2 heterocycles. The van der Waals surface area contributed by atoms with E-state index in [1.807, 2.05) is 38.6 Å². The van der Waals surface area contributed by atoms with Gasteiger partial charge in [-0.1, -0.05) is 0 Å². The number of aromatic nitrogens is 4. The minimum absolute atomic E-state index is 0.0317. The van der Waals surface area contributed by atoms with Crippen LogP contribution in [-0.4, -0.2) is 37.4 Å². The van der Waals surface area contributed by atoms with Crippen molar-refractivity contribution in [2.75, 3.05) is 7.05 Å². The molecule has 0 spiro atoms. The molecule has 0 N–H and O–H groups in total. The summed E-state index contributed by atoms with van der Waals surface area (Å²) in [6, 6.07) is 1.81. The van der Waals surface area contributed by atoms with Crippen molar-refractivity contribution in [2.45, 2.75) is 27.3 Å². The lowest BCUT2D eigenvalue weighted by atomic mass is 10.2. The first-order valence-corrected chi connectivity index (χ1v) is 6.56. The molecule has 2 aromatic heterocycles. The van der Waals surface area contributed by atoms with E-state index in [2.05, 4.69) is 10.2 Å². The Bertz CT molecular complexity index is 653. The van der Waals surface area contributed by atoms with Crippen molar-refractivity contribution in [2.24, 2.45) is 14.1 Å². The van der Waals surface area contributed by atoms with Gasteiger partial charge in [-0.25, -0.2) is 0 Å². The molecule has 0 fully saturated rings. The molecule has 2 aromatic rings. The fourth-order valence-electron chi connectivity index (χ4n) is 2.36. The first-order chi connectivity index (χ1) is 9.31. The Labute approximate surface area is 119 Å². The molecule has 2 rings (SSSR count). The number of hydrogen-bond acceptors (Lipinski definition) is 3. The summed E-state index contributed by atoms with van der Waals surface area (Å²) < 4.78 is 3.47. The molecule has 0 aromatic carbocycles. The van der Waals surface area contributed by atoms with E-state index in [1.165, 1.54) is 0 Å². The second-order valence-electron chi connectivity index (χ2n) is 5.23. The molecule has 0 saturated carbocycles. The van der Waals surface area contributed by atoms with Gasteiger partial charge in [0.2, 0.25) is 0 Å². The van der Waals surface area contributed by atoms with Gasteiger partial charge in [0.05, 0.1) is 11.4 Å². The van der Waals surface area contributed by atoms with Crippen LogP contribution in [-0.2, 0) is 20.6 Å². The van der Waals surface area contributed by atoms with Gasteiger partial charge in [0, 0.05) is 38.9 Å². The zero-order valence-corrected chi connectivity index (χ0v) is 12.9. The van der Waals surface area contributed by atoms with E-state index in [1.54, 1.807) is 23.7 Å². The summed E-state index contributed by atoms with van der Waals surface area (Å²) in [5.74, 6) is -0.0317. The monoisotopic (exact) mass is 275 g/mol. The van der Waals surface area contributed by atoms with Crippen LogP contribution in [0, 0.1) is 20.8 Å². The number of carbonyl (C=O) groups is 1. The average molecular weight is 275 g/mol. The minimum atomic E-state index is -0.0317. The maximum absolute atomic E-state index is 12.5. The minimum Gasteiger partial charge on any atom is -0.336 e. The summed E-state index contributed by atoms with van der Waals surface area (Å²) >= 11 is 0. The van der Waals surface area contributed by atoms with Crippen molar-refractivity contribution in [1.29, 1.82) is 0 Å². The van der Waals surface area contributed by atoms with Crippen LogP contribution in [0.1, 0.15) is 33.1 Å². The van der Waals surface area contributed by atoms with Gasteiger partial charge in [-0.2, -0.15) is 10.2 Å². The Morgan fingerprint density at radius 3 is 2.30 bits per heavy atom. The van der Waals surface area contributed by atoms with Gasteiger partial charge in [-0.05, 0) is 26.8 Å². The lowest BCUT2D eigenvalue weighted by Gasteiger charge is -2.17. The normalized spacial score (nSPS) is 10.9. The van der Waals surface area contributed by atoms with Gasteiger partial charge in [-0.3, -0.25) is 14.2 Å². The lowest BCUT2D eigenvalue weighted by molar-refractivity contribution is 0.0774. The van der Waals surface area contributed by atoms with Gasteiger partial charge in [0.25, 0.3) is 5.91 Å². The van der Waals surface area contributed by atoms with Crippen molar-refractivity contribution in [3.63, 3.8) is 0 Å². The highest BCUT2D eigenvalue weighted by Gasteiger charge is 2.19. The molecule has 0 unspecified atom stereocenters. The van der Waals surface area contributed by atoms with Gasteiger partial charge in [0.15, 0.2) is 0 Å². The number of rotatable bonds is 3. The third kappa shape index (κ3) is 2.45. The highest BCUT2D eigenvalue weighted by atomic mass is 16.2. The maximum Gasteiger partial charge on any atom is 0.272 e. The fraction of sp³-hybridized carbons (Fsp3) is 0.500. The molecule has 6 nitrogen and oxygen atoms in total. The van der Waals surface area contributed by atoms with Crippen molar-refractivity contribution in [1.82, 2.24) is 24.5 Å². The molecular weight excluding hydrogens is 254 g/mol. The van der Waals surface area contributed by atoms with E-state index in [9.17, 15) is 4.79 Å². The van der Waals surface area contributed by atoms with Crippen LogP contribution in [0.5, 0.6) is 0 Å². The second kappa shape index (κ2) is 5.11. The lowest BCUT2D eigenvalue weighted by Crippen LogP contribution is -2.28. The summed E-state index contributed by atoms with van der Waals surface area (Å²) in [7, 11) is 5.50. The molecule has 0 aliphatic rings. The maximum atomic E-state index is 12.5. The van der Waals surface area contributed by atoms with E-state index >= 15 is 0 Å². The zero-order valence-electron chi connectivity index (χ0n) is 12.9. The van der Waals surface area contributed by atoms with Crippen molar-refractivity contribution >= 4 is 5.91 Å². The molecular formula is C14H21N5O. The highest BCUT2D eigenvalue weighted by Crippen LogP contribution is 2.15. The highest BCUT2D eigenvalue weighted by molar-refractivity contribution is 5.92. The Hall–Kier alpha value is -2.11. The van der Waals surface area contributed by atoms with Crippen LogP contribution in [0.4, 0.5) is 0 Å². The summed E-state index contributed by atoms with van der Waals surface area (Å²) in [5, 5.41) is 8.59. The van der Waals surface area contributed by atoms with Crippen LogP contribution in [0.15, 0.2) is 6.07 Å². The van der Waals surface area contributed by atoms with Crippen molar-refractivity contribution < 1.29 is 4.79 Å². The Morgan fingerprint density at radius 1 is 1.20 bits per heavy atom. The molecule has 6 heteroatoms. The molecule has 0 radical (unpaired) electrons. The van der Waals surface area contributed by atoms with Gasteiger partial charge >= 0.3 is 0 Å². The van der Waals surface area contributed by atoms with E-state index in [0.717, 1.165) is 22.6 Å². The van der Waals surface area contributed by atoms with E-state index < -0.39 is 0 Å². The quantitative estimate of drug-likeness (QED) is 0.849. The van der Waals surface area contributed by atoms with Crippen molar-refractivity contribution in [3.05, 3.63) is 34.4 Å². The third-order valence-electron chi connectivity index (χ3n) is 3.62. The molecule has 0 aliphatic heterocycles. The van der Waals surface area contributed by atoms with Gasteiger partial charge in [0.1, 0.15) is 5.69 Å². The Kier molecular flexibility index (Phi) is 3.65. The standard InChI is InChI=1S/C14H21N5O/c1-9-7-13(19(6)15-9)14(20)17(4)8-12-10(2)16-18(5)11(12)3/h7H,8H2,1-6H3. The summed E-state index contributed by atoms with van der Waals surface area (Å²) in [6.45, 7) is 6.41. The Morgan fingerprint density at radius 2 is 1.85 bits per heavy atom. The van der Waals surface area contributed by atoms with E-state index in [4.69, 9.17) is 0 Å². The topological polar surface area (TPSA) is 56.0 Å². The summed E-state index contributed by atoms with van der Waals surface area (Å²) in [4.78, 5) is 14.2. The summed E-state index contributed by atoms with van der Waals surface area (Å²) in [5.41, 5.74) is 4.60. The molecule has 0 aliphatic carbocycles. The molecule has 0 saturated heterocycles. The number of carbonyl (C=O) groups excluding carboxylic acids is 1. The van der Waals surface area contributed by atoms with Gasteiger partial charge in [-0.15, -0.1) is 0 Å². The predicted molar refractivity (Wildman–Crippen MR) is 76.4 cm³/mol. The third-order valence-corrected chi connectivity index (χ3v) is 3.62. The predicted octanol–water partition coefficient (Wildman–Crippen LogP) is 1.35. The van der Waals surface area contributed by atoms with Crippen LogP contribution >= 0.6 is 0 Å². The molecule has 20 heavy (non-hydrogen) atoms. The summed E-state index contributed by atoms with van der Waals surface area (Å²) in [6.07, 6.45) is 0. The average Bonchev–Trinajstić information content (AvgIpc) is 2.82. The number of amides is 1. The molecule has 0 atom stereocenters.